The smallest absolute Gasteiger partial charge is 0.224 e. The number of rotatable bonds is 4. The van der Waals surface area contributed by atoms with Crippen molar-refractivity contribution < 1.29 is 4.79 Å². The van der Waals surface area contributed by atoms with E-state index in [9.17, 15) is 4.79 Å². The van der Waals surface area contributed by atoms with Gasteiger partial charge in [-0.05, 0) is 47.0 Å². The van der Waals surface area contributed by atoms with Crippen molar-refractivity contribution in [3.63, 3.8) is 0 Å². The second-order valence-electron chi connectivity index (χ2n) is 5.82. The van der Waals surface area contributed by atoms with E-state index in [2.05, 4.69) is 29.6 Å². The molecule has 3 aromatic carbocycles. The van der Waals surface area contributed by atoms with E-state index in [-0.39, 0.29) is 18.4 Å². The molecule has 0 heterocycles. The molecule has 0 fully saturated rings. The molecule has 1 amide bonds. The zero-order valence-corrected chi connectivity index (χ0v) is 14.7. The SMILES string of the molecule is C[C@H](NC(=O)Cc1ccc(Cl)c(Cl)c1)c1ccc2ccccc2c1. The molecule has 0 aliphatic rings. The molecular formula is C20H17Cl2NO. The maximum absolute atomic E-state index is 12.3. The summed E-state index contributed by atoms with van der Waals surface area (Å²) >= 11 is 11.9. The summed E-state index contributed by atoms with van der Waals surface area (Å²) in [7, 11) is 0. The van der Waals surface area contributed by atoms with E-state index in [0.717, 1.165) is 11.1 Å². The Morgan fingerprint density at radius 3 is 2.46 bits per heavy atom. The monoisotopic (exact) mass is 357 g/mol. The van der Waals surface area contributed by atoms with Crippen molar-refractivity contribution in [1.29, 1.82) is 0 Å². The number of hydrogen-bond acceptors (Lipinski definition) is 1. The third kappa shape index (κ3) is 3.89. The van der Waals surface area contributed by atoms with Crippen LogP contribution in [0, 0.1) is 0 Å². The Labute approximate surface area is 151 Å². The maximum Gasteiger partial charge on any atom is 0.224 e. The molecule has 0 saturated carbocycles. The van der Waals surface area contributed by atoms with Gasteiger partial charge in [-0.1, -0.05) is 65.7 Å². The number of benzene rings is 3. The Balaban J connectivity index is 1.69. The predicted molar refractivity (Wildman–Crippen MR) is 101 cm³/mol. The molecule has 0 radical (unpaired) electrons. The van der Waals surface area contributed by atoms with E-state index in [1.165, 1.54) is 10.8 Å². The van der Waals surface area contributed by atoms with E-state index >= 15 is 0 Å². The minimum atomic E-state index is -0.0649. The predicted octanol–water partition coefficient (Wildman–Crippen LogP) is 5.57. The highest BCUT2D eigenvalue weighted by Gasteiger charge is 2.11. The van der Waals surface area contributed by atoms with Gasteiger partial charge in [0.2, 0.25) is 5.91 Å². The van der Waals surface area contributed by atoms with E-state index in [1.54, 1.807) is 12.1 Å². The van der Waals surface area contributed by atoms with Gasteiger partial charge in [-0.15, -0.1) is 0 Å². The minimum Gasteiger partial charge on any atom is -0.349 e. The lowest BCUT2D eigenvalue weighted by Crippen LogP contribution is -2.28. The molecule has 0 saturated heterocycles. The number of hydrogen-bond donors (Lipinski definition) is 1. The lowest BCUT2D eigenvalue weighted by molar-refractivity contribution is -0.121. The Morgan fingerprint density at radius 1 is 0.958 bits per heavy atom. The molecule has 1 atom stereocenters. The lowest BCUT2D eigenvalue weighted by Gasteiger charge is -2.15. The van der Waals surface area contributed by atoms with Crippen molar-refractivity contribution in [3.05, 3.63) is 81.8 Å². The summed E-state index contributed by atoms with van der Waals surface area (Å²) in [4.78, 5) is 12.3. The highest BCUT2D eigenvalue weighted by Crippen LogP contribution is 2.23. The van der Waals surface area contributed by atoms with E-state index in [4.69, 9.17) is 23.2 Å². The Hall–Kier alpha value is -2.03. The molecule has 0 aliphatic carbocycles. The largest absolute Gasteiger partial charge is 0.349 e. The first-order valence-corrected chi connectivity index (χ1v) is 8.50. The highest BCUT2D eigenvalue weighted by atomic mass is 35.5. The second kappa shape index (κ2) is 7.25. The van der Waals surface area contributed by atoms with Gasteiger partial charge in [0.15, 0.2) is 0 Å². The van der Waals surface area contributed by atoms with E-state index in [0.29, 0.717) is 10.0 Å². The van der Waals surface area contributed by atoms with Crippen LogP contribution in [0.1, 0.15) is 24.1 Å². The molecule has 0 unspecified atom stereocenters. The van der Waals surface area contributed by atoms with Gasteiger partial charge in [0.1, 0.15) is 0 Å². The third-order valence-electron chi connectivity index (χ3n) is 4.00. The van der Waals surface area contributed by atoms with Crippen molar-refractivity contribution in [2.75, 3.05) is 0 Å². The maximum atomic E-state index is 12.3. The van der Waals surface area contributed by atoms with Crippen LogP contribution in [-0.2, 0) is 11.2 Å². The van der Waals surface area contributed by atoms with Crippen LogP contribution >= 0.6 is 23.2 Å². The number of fused-ring (bicyclic) bond motifs is 1. The molecule has 0 aromatic heterocycles. The first-order chi connectivity index (χ1) is 11.5. The van der Waals surface area contributed by atoms with Crippen LogP contribution in [0.5, 0.6) is 0 Å². The van der Waals surface area contributed by atoms with Crippen LogP contribution in [0.25, 0.3) is 10.8 Å². The number of amides is 1. The second-order valence-corrected chi connectivity index (χ2v) is 6.64. The van der Waals surface area contributed by atoms with Crippen LogP contribution in [0.15, 0.2) is 60.7 Å². The van der Waals surface area contributed by atoms with Crippen molar-refractivity contribution in [2.24, 2.45) is 0 Å². The van der Waals surface area contributed by atoms with Crippen molar-refractivity contribution in [2.45, 2.75) is 19.4 Å². The highest BCUT2D eigenvalue weighted by molar-refractivity contribution is 6.42. The Morgan fingerprint density at radius 2 is 1.71 bits per heavy atom. The molecule has 4 heteroatoms. The van der Waals surface area contributed by atoms with Gasteiger partial charge in [0, 0.05) is 0 Å². The van der Waals surface area contributed by atoms with Crippen LogP contribution in [0.2, 0.25) is 10.0 Å². The molecule has 0 aliphatic heterocycles. The molecule has 24 heavy (non-hydrogen) atoms. The van der Waals surface area contributed by atoms with Gasteiger partial charge in [-0.25, -0.2) is 0 Å². The Bertz CT molecular complexity index is 892. The quantitative estimate of drug-likeness (QED) is 0.649. The standard InChI is InChI=1S/C20H17Cl2NO/c1-13(16-8-7-15-4-2-3-5-17(15)12-16)23-20(24)11-14-6-9-18(21)19(22)10-14/h2-10,12-13H,11H2,1H3,(H,23,24)/t13-/m0/s1. The fourth-order valence-electron chi connectivity index (χ4n) is 2.69. The molecule has 3 aromatic rings. The normalized spacial score (nSPS) is 12.1. The summed E-state index contributed by atoms with van der Waals surface area (Å²) in [5, 5.41) is 6.34. The van der Waals surface area contributed by atoms with Crippen LogP contribution in [-0.4, -0.2) is 5.91 Å². The van der Waals surface area contributed by atoms with Gasteiger partial charge >= 0.3 is 0 Å². The third-order valence-corrected chi connectivity index (χ3v) is 4.74. The number of halogens is 2. The topological polar surface area (TPSA) is 29.1 Å². The van der Waals surface area contributed by atoms with Crippen molar-refractivity contribution >= 4 is 39.9 Å². The number of nitrogens with one attached hydrogen (secondary N) is 1. The lowest BCUT2D eigenvalue weighted by atomic mass is 10.0. The summed E-state index contributed by atoms with van der Waals surface area (Å²) in [6.45, 7) is 1.98. The van der Waals surface area contributed by atoms with Crippen LogP contribution < -0.4 is 5.32 Å². The molecule has 122 valence electrons. The first-order valence-electron chi connectivity index (χ1n) is 7.75. The molecule has 1 N–H and O–H groups in total. The molecule has 0 bridgehead atoms. The van der Waals surface area contributed by atoms with Gasteiger partial charge in [-0.2, -0.15) is 0 Å². The van der Waals surface area contributed by atoms with Gasteiger partial charge in [0.05, 0.1) is 22.5 Å². The van der Waals surface area contributed by atoms with E-state index in [1.807, 2.05) is 31.2 Å². The average Bonchev–Trinajstić information content (AvgIpc) is 2.57. The number of carbonyl (C=O) groups is 1. The summed E-state index contributed by atoms with van der Waals surface area (Å²) < 4.78 is 0. The summed E-state index contributed by atoms with van der Waals surface area (Å²) in [5.74, 6) is -0.0472. The Kier molecular flexibility index (Phi) is 5.08. The van der Waals surface area contributed by atoms with Crippen LogP contribution in [0.4, 0.5) is 0 Å². The molecule has 3 rings (SSSR count). The fourth-order valence-corrected chi connectivity index (χ4v) is 3.01. The van der Waals surface area contributed by atoms with Crippen LogP contribution in [0.3, 0.4) is 0 Å². The first kappa shape index (κ1) is 16.8. The minimum absolute atomic E-state index is 0.0472. The zero-order valence-electron chi connectivity index (χ0n) is 13.2. The molecule has 0 spiro atoms. The summed E-state index contributed by atoms with van der Waals surface area (Å²) in [6, 6.07) is 19.6. The van der Waals surface area contributed by atoms with E-state index < -0.39 is 0 Å². The zero-order chi connectivity index (χ0) is 17.1. The van der Waals surface area contributed by atoms with Gasteiger partial charge in [-0.3, -0.25) is 4.79 Å². The van der Waals surface area contributed by atoms with Crippen molar-refractivity contribution in [3.8, 4) is 0 Å². The summed E-state index contributed by atoms with van der Waals surface area (Å²) in [5.41, 5.74) is 1.92. The van der Waals surface area contributed by atoms with Gasteiger partial charge < -0.3 is 5.32 Å². The molecular weight excluding hydrogens is 341 g/mol. The molecule has 2 nitrogen and oxygen atoms in total. The van der Waals surface area contributed by atoms with Crippen molar-refractivity contribution in [1.82, 2.24) is 5.32 Å². The average molecular weight is 358 g/mol. The number of carbonyl (C=O) groups excluding carboxylic acids is 1. The summed E-state index contributed by atoms with van der Waals surface area (Å²) in [6.07, 6.45) is 0.273. The van der Waals surface area contributed by atoms with Gasteiger partial charge in [0.25, 0.3) is 0 Å². The fraction of sp³-hybridized carbons (Fsp3) is 0.150.